The molecule has 10 aromatic rings. The zero-order valence-corrected chi connectivity index (χ0v) is 40.1. The Morgan fingerprint density at radius 2 is 0.765 bits per heavy atom. The van der Waals surface area contributed by atoms with Gasteiger partial charge in [0, 0.05) is 34.1 Å². The van der Waals surface area contributed by atoms with Gasteiger partial charge in [0.2, 0.25) is 0 Å². The fraction of sp³-hybridized carbons (Fsp3) is 0.152. The van der Waals surface area contributed by atoms with Crippen molar-refractivity contribution in [2.45, 2.75) is 59.8 Å². The molecule has 0 unspecified atom stereocenters. The molecule has 2 heteroatoms. The highest BCUT2D eigenvalue weighted by Crippen LogP contribution is 2.49. The van der Waals surface area contributed by atoms with E-state index in [0.717, 1.165) is 41.3 Å². The van der Waals surface area contributed by atoms with Gasteiger partial charge in [-0.2, -0.15) is 0 Å². The molecule has 0 radical (unpaired) electrons. The number of hydrogen-bond acceptors (Lipinski definition) is 2. The number of nitrogens with zero attached hydrogens (tertiary/aromatic N) is 2. The molecule has 0 heterocycles. The second-order valence-electron chi connectivity index (χ2n) is 20.6. The van der Waals surface area contributed by atoms with E-state index < -0.39 is 0 Å². The Hall–Kier alpha value is -7.68. The Morgan fingerprint density at radius 1 is 0.324 bits per heavy atom. The Morgan fingerprint density at radius 3 is 1.24 bits per heavy atom. The van der Waals surface area contributed by atoms with Gasteiger partial charge in [-0.15, -0.1) is 0 Å². The number of rotatable bonds is 8. The van der Waals surface area contributed by atoms with Crippen LogP contribution >= 0.6 is 0 Å². The van der Waals surface area contributed by atoms with Crippen molar-refractivity contribution in [2.75, 3.05) is 9.80 Å². The predicted molar refractivity (Wildman–Crippen MR) is 294 cm³/mol. The Bertz CT molecular complexity index is 3560. The molecule has 11 rings (SSSR count). The summed E-state index contributed by atoms with van der Waals surface area (Å²) < 4.78 is 0. The fourth-order valence-corrected chi connectivity index (χ4v) is 10.4. The maximum Gasteiger partial charge on any atom is 0.0468 e. The lowest BCUT2D eigenvalue weighted by atomic mass is 9.81. The molecule has 0 aromatic heterocycles. The second-order valence-corrected chi connectivity index (χ2v) is 20.6. The summed E-state index contributed by atoms with van der Waals surface area (Å²) in [6.45, 7) is 13.8. The first kappa shape index (κ1) is 42.9. The van der Waals surface area contributed by atoms with Gasteiger partial charge < -0.3 is 9.80 Å². The predicted octanol–water partition coefficient (Wildman–Crippen LogP) is 19.2. The monoisotopic (exact) mass is 878 g/mol. The summed E-state index contributed by atoms with van der Waals surface area (Å²) in [5.74, 6) is 0. The second kappa shape index (κ2) is 17.2. The van der Waals surface area contributed by atoms with E-state index in [1.54, 1.807) is 0 Å². The molecule has 68 heavy (non-hydrogen) atoms. The number of fused-ring (bicyclic) bond motifs is 4. The minimum absolute atomic E-state index is 0.0478. The highest BCUT2D eigenvalue weighted by atomic mass is 15.2. The van der Waals surface area contributed by atoms with Crippen molar-refractivity contribution in [1.29, 1.82) is 0 Å². The standard InChI is InChI=1S/C66H58N2/c1-65(2,3)51-29-33-55(34-30-51)67(53-21-9-7-10-22-53)57-37-39-59-61(43-57)63(49-27-25-45-17-13-15-19-47(45)41-49)60-40-38-58(44-62(60)64(59)50-28-26-46-18-14-16-20-48(46)42-50)68(54-23-11-8-12-24-54)56-35-31-52(32-36-56)66(4,5)6/h7-31,33-35,37-44H,32,36H2,1-6H3. The lowest BCUT2D eigenvalue weighted by Gasteiger charge is -2.33. The van der Waals surface area contributed by atoms with E-state index in [1.807, 2.05) is 0 Å². The molecule has 0 atom stereocenters. The SMILES string of the molecule is CC(C)(C)C1=CC=C(N(c2ccccc2)c2ccc3c(-c4ccc5ccccc5c4)c4cc(N(c5ccccc5)c5ccc(C(C)(C)C)cc5)ccc4c(-c4ccc5ccccc5c4)c3c2)CC1. The van der Waals surface area contributed by atoms with E-state index in [0.29, 0.717) is 0 Å². The van der Waals surface area contributed by atoms with Crippen molar-refractivity contribution in [3.63, 3.8) is 0 Å². The third-order valence-corrected chi connectivity index (χ3v) is 14.1. The molecule has 0 spiro atoms. The topological polar surface area (TPSA) is 6.48 Å². The molecule has 0 saturated heterocycles. The van der Waals surface area contributed by atoms with Crippen LogP contribution in [0.3, 0.4) is 0 Å². The van der Waals surface area contributed by atoms with E-state index >= 15 is 0 Å². The van der Waals surface area contributed by atoms with Crippen LogP contribution in [0.4, 0.5) is 28.4 Å². The van der Waals surface area contributed by atoms with E-state index in [-0.39, 0.29) is 10.8 Å². The largest absolute Gasteiger partial charge is 0.314 e. The molecule has 0 aliphatic heterocycles. The van der Waals surface area contributed by atoms with Gasteiger partial charge in [-0.05, 0) is 173 Å². The van der Waals surface area contributed by atoms with Crippen LogP contribution < -0.4 is 9.80 Å². The Labute approximate surface area is 402 Å². The zero-order valence-electron chi connectivity index (χ0n) is 40.1. The molecule has 0 bridgehead atoms. The lowest BCUT2D eigenvalue weighted by molar-refractivity contribution is 0.479. The van der Waals surface area contributed by atoms with Gasteiger partial charge in [-0.25, -0.2) is 0 Å². The quantitative estimate of drug-likeness (QED) is 0.140. The molecule has 1 aliphatic rings. The van der Waals surface area contributed by atoms with Crippen LogP contribution in [0.25, 0.3) is 65.3 Å². The van der Waals surface area contributed by atoms with Gasteiger partial charge in [-0.1, -0.05) is 187 Å². The van der Waals surface area contributed by atoms with Crippen LogP contribution in [-0.2, 0) is 5.41 Å². The van der Waals surface area contributed by atoms with Crippen molar-refractivity contribution < 1.29 is 0 Å². The summed E-state index contributed by atoms with van der Waals surface area (Å²) >= 11 is 0. The molecule has 0 saturated carbocycles. The molecular weight excluding hydrogens is 821 g/mol. The summed E-state index contributed by atoms with van der Waals surface area (Å²) in [6, 6.07) is 76.8. The first-order valence-corrected chi connectivity index (χ1v) is 24.2. The average molecular weight is 879 g/mol. The number of hydrogen-bond donors (Lipinski definition) is 0. The van der Waals surface area contributed by atoms with Gasteiger partial charge in [0.1, 0.15) is 0 Å². The molecular formula is C66H58N2. The number of anilines is 5. The third-order valence-electron chi connectivity index (χ3n) is 14.1. The normalized spacial score (nSPS) is 13.2. The van der Waals surface area contributed by atoms with Crippen molar-refractivity contribution in [3.05, 3.63) is 235 Å². The first-order valence-electron chi connectivity index (χ1n) is 24.2. The van der Waals surface area contributed by atoms with Gasteiger partial charge in [0.15, 0.2) is 0 Å². The summed E-state index contributed by atoms with van der Waals surface area (Å²) in [4.78, 5) is 4.90. The molecule has 2 nitrogen and oxygen atoms in total. The lowest BCUT2D eigenvalue weighted by Crippen LogP contribution is -2.20. The molecule has 332 valence electrons. The number of benzene rings is 10. The van der Waals surface area contributed by atoms with E-state index in [2.05, 4.69) is 270 Å². The molecule has 10 aromatic carbocycles. The molecule has 0 N–H and O–H groups in total. The Balaban J connectivity index is 1.23. The summed E-state index contributed by atoms with van der Waals surface area (Å²) in [6.07, 6.45) is 6.74. The van der Waals surface area contributed by atoms with Crippen molar-refractivity contribution in [3.8, 4) is 22.3 Å². The minimum Gasteiger partial charge on any atom is -0.314 e. The third kappa shape index (κ3) is 8.05. The van der Waals surface area contributed by atoms with Crippen LogP contribution in [0.2, 0.25) is 0 Å². The summed E-state index contributed by atoms with van der Waals surface area (Å²) in [5.41, 5.74) is 14.8. The highest BCUT2D eigenvalue weighted by Gasteiger charge is 2.26. The summed E-state index contributed by atoms with van der Waals surface area (Å²) in [5, 5.41) is 9.80. The van der Waals surface area contributed by atoms with E-state index in [1.165, 1.54) is 82.2 Å². The smallest absolute Gasteiger partial charge is 0.0468 e. The maximum atomic E-state index is 2.49. The summed E-state index contributed by atoms with van der Waals surface area (Å²) in [7, 11) is 0. The van der Waals surface area contributed by atoms with Gasteiger partial charge in [0.05, 0.1) is 0 Å². The highest BCUT2D eigenvalue weighted by molar-refractivity contribution is 6.23. The molecule has 1 aliphatic carbocycles. The average Bonchev–Trinajstić information content (AvgIpc) is 3.36. The van der Waals surface area contributed by atoms with Gasteiger partial charge in [-0.3, -0.25) is 0 Å². The van der Waals surface area contributed by atoms with Crippen LogP contribution in [0, 0.1) is 5.41 Å². The Kier molecular flexibility index (Phi) is 10.9. The van der Waals surface area contributed by atoms with E-state index in [9.17, 15) is 0 Å². The van der Waals surface area contributed by atoms with Crippen LogP contribution in [0.15, 0.2) is 230 Å². The van der Waals surface area contributed by atoms with Crippen LogP contribution in [-0.4, -0.2) is 0 Å². The molecule has 0 amide bonds. The van der Waals surface area contributed by atoms with Crippen molar-refractivity contribution in [2.24, 2.45) is 5.41 Å². The van der Waals surface area contributed by atoms with E-state index in [4.69, 9.17) is 0 Å². The maximum absolute atomic E-state index is 2.49. The first-order chi connectivity index (χ1) is 33.0. The number of para-hydroxylation sites is 2. The van der Waals surface area contributed by atoms with Crippen molar-refractivity contribution >= 4 is 71.5 Å². The van der Waals surface area contributed by atoms with Gasteiger partial charge >= 0.3 is 0 Å². The fourth-order valence-electron chi connectivity index (χ4n) is 10.4. The minimum atomic E-state index is 0.0478. The van der Waals surface area contributed by atoms with Crippen molar-refractivity contribution in [1.82, 2.24) is 0 Å². The zero-order chi connectivity index (χ0) is 46.6. The van der Waals surface area contributed by atoms with Crippen LogP contribution in [0.5, 0.6) is 0 Å². The van der Waals surface area contributed by atoms with Crippen LogP contribution in [0.1, 0.15) is 59.9 Å². The van der Waals surface area contributed by atoms with Gasteiger partial charge in [0.25, 0.3) is 0 Å². The number of allylic oxidation sites excluding steroid dienone is 4. The molecule has 0 fully saturated rings.